The Hall–Kier alpha value is 0.230. The molecular weight excluding hydrogens is 282 g/mol. The Balaban J connectivity index is 1.46. The Bertz CT molecular complexity index is 308. The third-order valence-corrected chi connectivity index (χ3v) is 7.14. The maximum Gasteiger partial charge on any atom is 0.0729 e. The van der Waals surface area contributed by atoms with E-state index in [1.807, 2.05) is 0 Å². The van der Waals surface area contributed by atoms with E-state index in [1.54, 1.807) is 0 Å². The van der Waals surface area contributed by atoms with Crippen molar-refractivity contribution in [1.82, 2.24) is 0 Å². The molecule has 3 nitrogen and oxygen atoms in total. The SMILES string of the molecule is NC(CSC1CCCCC1)C1CCOC2(CCOCC2)C1. The molecule has 0 bridgehead atoms. The van der Waals surface area contributed by atoms with Gasteiger partial charge in [-0.15, -0.1) is 0 Å². The second-order valence-corrected chi connectivity index (χ2v) is 8.49. The van der Waals surface area contributed by atoms with Gasteiger partial charge >= 0.3 is 0 Å². The highest BCUT2D eigenvalue weighted by Gasteiger charge is 2.40. The zero-order valence-electron chi connectivity index (χ0n) is 13.2. The van der Waals surface area contributed by atoms with Gasteiger partial charge in [0.2, 0.25) is 0 Å². The fraction of sp³-hybridized carbons (Fsp3) is 1.00. The van der Waals surface area contributed by atoms with Crippen LogP contribution in [-0.2, 0) is 9.47 Å². The monoisotopic (exact) mass is 313 g/mol. The van der Waals surface area contributed by atoms with Crippen LogP contribution in [-0.4, -0.2) is 42.5 Å². The summed E-state index contributed by atoms with van der Waals surface area (Å²) in [5, 5.41) is 0.877. The molecular formula is C17H31NO2S. The van der Waals surface area contributed by atoms with Crippen LogP contribution in [0.5, 0.6) is 0 Å². The molecule has 0 amide bonds. The topological polar surface area (TPSA) is 44.5 Å². The van der Waals surface area contributed by atoms with Crippen molar-refractivity contribution in [3.8, 4) is 0 Å². The molecule has 0 radical (unpaired) electrons. The Labute approximate surface area is 133 Å². The first kappa shape index (κ1) is 16.1. The van der Waals surface area contributed by atoms with Crippen LogP contribution in [0, 0.1) is 5.92 Å². The molecule has 3 fully saturated rings. The van der Waals surface area contributed by atoms with E-state index in [0.29, 0.717) is 12.0 Å². The van der Waals surface area contributed by atoms with E-state index in [2.05, 4.69) is 11.8 Å². The number of ether oxygens (including phenoxy) is 2. The maximum absolute atomic E-state index is 6.55. The first-order valence-electron chi connectivity index (χ1n) is 8.86. The zero-order valence-corrected chi connectivity index (χ0v) is 14.0. The third-order valence-electron chi connectivity index (χ3n) is 5.62. The summed E-state index contributed by atoms with van der Waals surface area (Å²) in [5.41, 5.74) is 6.64. The second-order valence-electron chi connectivity index (χ2n) is 7.15. The van der Waals surface area contributed by atoms with Gasteiger partial charge in [0.25, 0.3) is 0 Å². The molecule has 1 aliphatic carbocycles. The van der Waals surface area contributed by atoms with Crippen LogP contribution >= 0.6 is 11.8 Å². The van der Waals surface area contributed by atoms with Gasteiger partial charge < -0.3 is 15.2 Å². The summed E-state index contributed by atoms with van der Waals surface area (Å²) in [6.07, 6.45) is 11.5. The largest absolute Gasteiger partial charge is 0.381 e. The molecule has 21 heavy (non-hydrogen) atoms. The zero-order chi connectivity index (χ0) is 14.5. The molecule has 122 valence electrons. The summed E-state index contributed by atoms with van der Waals surface area (Å²) >= 11 is 2.14. The molecule has 3 rings (SSSR count). The molecule has 2 aliphatic heterocycles. The minimum atomic E-state index is 0.0916. The number of hydrogen-bond acceptors (Lipinski definition) is 4. The van der Waals surface area contributed by atoms with Crippen LogP contribution in [0.1, 0.15) is 57.8 Å². The number of hydrogen-bond donors (Lipinski definition) is 1. The molecule has 2 atom stereocenters. The minimum absolute atomic E-state index is 0.0916. The Kier molecular flexibility index (Phi) is 5.88. The van der Waals surface area contributed by atoms with Crippen LogP contribution in [0.3, 0.4) is 0 Å². The lowest BCUT2D eigenvalue weighted by Crippen LogP contribution is -2.48. The second kappa shape index (κ2) is 7.67. The van der Waals surface area contributed by atoms with Crippen LogP contribution in [0.4, 0.5) is 0 Å². The van der Waals surface area contributed by atoms with E-state index < -0.39 is 0 Å². The fourth-order valence-electron chi connectivity index (χ4n) is 4.14. The molecule has 2 heterocycles. The van der Waals surface area contributed by atoms with E-state index in [4.69, 9.17) is 15.2 Å². The molecule has 3 aliphatic rings. The lowest BCUT2D eigenvalue weighted by Gasteiger charge is -2.44. The van der Waals surface area contributed by atoms with Gasteiger partial charge in [-0.2, -0.15) is 11.8 Å². The van der Waals surface area contributed by atoms with Crippen molar-refractivity contribution in [3.63, 3.8) is 0 Å². The van der Waals surface area contributed by atoms with Gasteiger partial charge in [0, 0.05) is 36.9 Å². The van der Waals surface area contributed by atoms with Crippen molar-refractivity contribution in [2.75, 3.05) is 25.6 Å². The van der Waals surface area contributed by atoms with E-state index in [0.717, 1.165) is 56.5 Å². The van der Waals surface area contributed by atoms with Gasteiger partial charge in [0.15, 0.2) is 0 Å². The Morgan fingerprint density at radius 2 is 1.81 bits per heavy atom. The average Bonchev–Trinajstić information content (AvgIpc) is 2.54. The van der Waals surface area contributed by atoms with Crippen molar-refractivity contribution in [2.24, 2.45) is 11.7 Å². The lowest BCUT2D eigenvalue weighted by atomic mass is 9.78. The van der Waals surface area contributed by atoms with Gasteiger partial charge in [-0.1, -0.05) is 19.3 Å². The fourth-order valence-corrected chi connectivity index (χ4v) is 5.57. The number of thioether (sulfide) groups is 1. The first-order valence-corrected chi connectivity index (χ1v) is 9.91. The first-order chi connectivity index (χ1) is 10.3. The van der Waals surface area contributed by atoms with Crippen LogP contribution in [0.2, 0.25) is 0 Å². The molecule has 2 unspecified atom stereocenters. The maximum atomic E-state index is 6.55. The molecule has 2 saturated heterocycles. The summed E-state index contributed by atoms with van der Waals surface area (Å²) in [4.78, 5) is 0. The molecule has 1 saturated carbocycles. The van der Waals surface area contributed by atoms with E-state index in [1.165, 1.54) is 32.1 Å². The highest BCUT2D eigenvalue weighted by Crippen LogP contribution is 2.39. The Morgan fingerprint density at radius 3 is 2.57 bits per heavy atom. The predicted molar refractivity (Wildman–Crippen MR) is 88.8 cm³/mol. The van der Waals surface area contributed by atoms with E-state index >= 15 is 0 Å². The Morgan fingerprint density at radius 1 is 1.05 bits per heavy atom. The van der Waals surface area contributed by atoms with Crippen molar-refractivity contribution in [3.05, 3.63) is 0 Å². The van der Waals surface area contributed by atoms with Gasteiger partial charge in [-0.05, 0) is 44.4 Å². The van der Waals surface area contributed by atoms with Crippen LogP contribution in [0.25, 0.3) is 0 Å². The summed E-state index contributed by atoms with van der Waals surface area (Å²) in [6.45, 7) is 2.62. The van der Waals surface area contributed by atoms with Crippen molar-refractivity contribution in [1.29, 1.82) is 0 Å². The highest BCUT2D eigenvalue weighted by atomic mass is 32.2. The summed E-state index contributed by atoms with van der Waals surface area (Å²) < 4.78 is 11.6. The number of nitrogens with two attached hydrogens (primary N) is 1. The molecule has 1 spiro atoms. The van der Waals surface area contributed by atoms with Crippen molar-refractivity contribution < 1.29 is 9.47 Å². The lowest BCUT2D eigenvalue weighted by molar-refractivity contribution is -0.148. The van der Waals surface area contributed by atoms with Gasteiger partial charge in [-0.3, -0.25) is 0 Å². The highest BCUT2D eigenvalue weighted by molar-refractivity contribution is 7.99. The third kappa shape index (κ3) is 4.37. The molecule has 0 aromatic heterocycles. The molecule has 2 N–H and O–H groups in total. The summed E-state index contributed by atoms with van der Waals surface area (Å²) in [7, 11) is 0. The van der Waals surface area contributed by atoms with E-state index in [9.17, 15) is 0 Å². The van der Waals surface area contributed by atoms with Crippen LogP contribution in [0.15, 0.2) is 0 Å². The van der Waals surface area contributed by atoms with Crippen molar-refractivity contribution in [2.45, 2.75) is 74.7 Å². The van der Waals surface area contributed by atoms with Gasteiger partial charge in [0.05, 0.1) is 5.60 Å². The smallest absolute Gasteiger partial charge is 0.0729 e. The molecule has 4 heteroatoms. The van der Waals surface area contributed by atoms with Crippen LogP contribution < -0.4 is 5.73 Å². The summed E-state index contributed by atoms with van der Waals surface area (Å²) in [5.74, 6) is 1.79. The molecule has 0 aromatic rings. The average molecular weight is 314 g/mol. The number of rotatable bonds is 4. The van der Waals surface area contributed by atoms with E-state index in [-0.39, 0.29) is 5.60 Å². The normalized spacial score (nSPS) is 32.1. The van der Waals surface area contributed by atoms with Gasteiger partial charge in [0.1, 0.15) is 0 Å². The summed E-state index contributed by atoms with van der Waals surface area (Å²) in [6, 6.07) is 0.348. The quantitative estimate of drug-likeness (QED) is 0.864. The predicted octanol–water partition coefficient (Wildman–Crippen LogP) is 3.36. The standard InChI is InChI=1S/C17H31NO2S/c18-16(13-21-15-4-2-1-3-5-15)14-6-9-20-17(12-14)7-10-19-11-8-17/h14-16H,1-13,18H2. The molecule has 0 aromatic carbocycles. The van der Waals surface area contributed by atoms with Gasteiger partial charge in [-0.25, -0.2) is 0 Å². The van der Waals surface area contributed by atoms with Crippen molar-refractivity contribution >= 4 is 11.8 Å². The minimum Gasteiger partial charge on any atom is -0.381 e.